The first-order chi connectivity index (χ1) is 7.79. The topological polar surface area (TPSA) is 24.9 Å². The predicted molar refractivity (Wildman–Crippen MR) is 67.6 cm³/mol. The van der Waals surface area contributed by atoms with Crippen molar-refractivity contribution < 1.29 is 0 Å². The zero-order valence-corrected chi connectivity index (χ0v) is 10.4. The second-order valence-corrected chi connectivity index (χ2v) is 4.96. The molecule has 1 aromatic heterocycles. The van der Waals surface area contributed by atoms with Crippen molar-refractivity contribution in [3.05, 3.63) is 29.6 Å². The Morgan fingerprint density at radius 1 is 1.38 bits per heavy atom. The van der Waals surface area contributed by atoms with Crippen LogP contribution in [0.25, 0.3) is 0 Å². The summed E-state index contributed by atoms with van der Waals surface area (Å²) < 4.78 is 0. The Morgan fingerprint density at radius 2 is 2.25 bits per heavy atom. The monoisotopic (exact) mass is 218 g/mol. The van der Waals surface area contributed by atoms with Gasteiger partial charge < -0.3 is 5.32 Å². The summed E-state index contributed by atoms with van der Waals surface area (Å²) in [5.41, 5.74) is 2.71. The first-order valence-corrected chi connectivity index (χ1v) is 6.44. The summed E-state index contributed by atoms with van der Waals surface area (Å²) in [5, 5.41) is 3.63. The van der Waals surface area contributed by atoms with Crippen molar-refractivity contribution in [3.63, 3.8) is 0 Å². The maximum absolute atomic E-state index is 4.30. The zero-order valence-electron chi connectivity index (χ0n) is 10.4. The quantitative estimate of drug-likeness (QED) is 0.840. The summed E-state index contributed by atoms with van der Waals surface area (Å²) in [6.07, 6.45) is 9.12. The fourth-order valence-corrected chi connectivity index (χ4v) is 2.62. The van der Waals surface area contributed by atoms with Crippen molar-refractivity contribution in [1.29, 1.82) is 0 Å². The van der Waals surface area contributed by atoms with Crippen LogP contribution >= 0.6 is 0 Å². The summed E-state index contributed by atoms with van der Waals surface area (Å²) in [5.74, 6) is 0.724. The fourth-order valence-electron chi connectivity index (χ4n) is 2.62. The highest BCUT2D eigenvalue weighted by molar-refractivity contribution is 5.22. The van der Waals surface area contributed by atoms with Crippen molar-refractivity contribution in [2.24, 2.45) is 0 Å². The van der Waals surface area contributed by atoms with Crippen LogP contribution in [0.4, 0.5) is 0 Å². The van der Waals surface area contributed by atoms with Gasteiger partial charge in [0.05, 0.1) is 0 Å². The molecule has 0 aromatic carbocycles. The molecule has 2 heteroatoms. The molecule has 88 valence electrons. The van der Waals surface area contributed by atoms with Crippen LogP contribution in [0.3, 0.4) is 0 Å². The third-order valence-electron chi connectivity index (χ3n) is 3.48. The Hall–Kier alpha value is -0.890. The average Bonchev–Trinajstić information content (AvgIpc) is 2.75. The van der Waals surface area contributed by atoms with Gasteiger partial charge in [-0.05, 0) is 56.2 Å². The molecule has 1 aromatic rings. The maximum Gasteiger partial charge on any atom is 0.0302 e. The zero-order chi connectivity index (χ0) is 11.4. The minimum absolute atomic E-state index is 0.724. The molecule has 1 heterocycles. The first-order valence-electron chi connectivity index (χ1n) is 6.44. The van der Waals surface area contributed by atoms with Crippen LogP contribution in [0.5, 0.6) is 0 Å². The molecular formula is C14H22N2. The molecule has 1 N–H and O–H groups in total. The molecule has 0 bridgehead atoms. The lowest BCUT2D eigenvalue weighted by atomic mass is 9.98. The Balaban J connectivity index is 1.93. The van der Waals surface area contributed by atoms with Crippen LogP contribution < -0.4 is 5.32 Å². The van der Waals surface area contributed by atoms with Gasteiger partial charge in [-0.25, -0.2) is 0 Å². The molecule has 2 atom stereocenters. The highest BCUT2D eigenvalue weighted by atomic mass is 14.9. The van der Waals surface area contributed by atoms with E-state index in [-0.39, 0.29) is 0 Å². The second-order valence-electron chi connectivity index (χ2n) is 4.96. The van der Waals surface area contributed by atoms with Crippen molar-refractivity contribution in [1.82, 2.24) is 10.3 Å². The maximum atomic E-state index is 4.30. The van der Waals surface area contributed by atoms with Crippen LogP contribution in [0, 0.1) is 6.92 Å². The number of hydrogen-bond acceptors (Lipinski definition) is 2. The van der Waals surface area contributed by atoms with Gasteiger partial charge in [-0.15, -0.1) is 0 Å². The van der Waals surface area contributed by atoms with E-state index in [0.717, 1.165) is 18.5 Å². The van der Waals surface area contributed by atoms with Gasteiger partial charge in [0.1, 0.15) is 0 Å². The van der Waals surface area contributed by atoms with Crippen LogP contribution in [-0.4, -0.2) is 17.6 Å². The first kappa shape index (κ1) is 11.6. The van der Waals surface area contributed by atoms with E-state index in [4.69, 9.17) is 0 Å². The van der Waals surface area contributed by atoms with Crippen LogP contribution in [0.2, 0.25) is 0 Å². The lowest BCUT2D eigenvalue weighted by molar-refractivity contribution is 0.517. The predicted octanol–water partition coefficient (Wildman–Crippen LogP) is 3.03. The molecule has 2 nitrogen and oxygen atoms in total. The molecule has 0 saturated heterocycles. The lowest BCUT2D eigenvalue weighted by Crippen LogP contribution is -2.26. The third-order valence-corrected chi connectivity index (χ3v) is 3.48. The third kappa shape index (κ3) is 2.82. The van der Waals surface area contributed by atoms with E-state index in [0.29, 0.717) is 0 Å². The summed E-state index contributed by atoms with van der Waals surface area (Å²) >= 11 is 0. The van der Waals surface area contributed by atoms with Crippen LogP contribution in [0.15, 0.2) is 18.5 Å². The molecule has 16 heavy (non-hydrogen) atoms. The normalized spacial score (nSPS) is 24.9. The smallest absolute Gasteiger partial charge is 0.0302 e. The van der Waals surface area contributed by atoms with Crippen molar-refractivity contribution in [2.45, 2.75) is 51.5 Å². The molecule has 2 rings (SSSR count). The molecule has 0 amide bonds. The number of rotatable bonds is 4. The highest BCUT2D eigenvalue weighted by Gasteiger charge is 2.25. The van der Waals surface area contributed by atoms with E-state index in [2.05, 4.69) is 30.2 Å². The standard InChI is InChI=1S/C14H22N2/c1-3-6-16-14-5-4-12(8-14)13-7-11(2)9-15-10-13/h7,9-10,12,14,16H,3-6,8H2,1-2H3. The van der Waals surface area contributed by atoms with Gasteiger partial charge in [0.15, 0.2) is 0 Å². The van der Waals surface area contributed by atoms with Gasteiger partial charge in [-0.3, -0.25) is 4.98 Å². The molecule has 2 unspecified atom stereocenters. The molecule has 0 spiro atoms. The average molecular weight is 218 g/mol. The van der Waals surface area contributed by atoms with E-state index >= 15 is 0 Å². The van der Waals surface area contributed by atoms with Gasteiger partial charge in [0.2, 0.25) is 0 Å². The Kier molecular flexibility index (Phi) is 3.94. The van der Waals surface area contributed by atoms with Crippen molar-refractivity contribution in [2.75, 3.05) is 6.54 Å². The van der Waals surface area contributed by atoms with Gasteiger partial charge in [0.25, 0.3) is 0 Å². The van der Waals surface area contributed by atoms with E-state index in [1.165, 1.54) is 36.8 Å². The van der Waals surface area contributed by atoms with Crippen molar-refractivity contribution in [3.8, 4) is 0 Å². The van der Waals surface area contributed by atoms with Crippen LogP contribution in [-0.2, 0) is 0 Å². The lowest BCUT2D eigenvalue weighted by Gasteiger charge is -2.13. The Labute approximate surface area is 98.5 Å². The van der Waals surface area contributed by atoms with Crippen LogP contribution in [0.1, 0.15) is 49.7 Å². The van der Waals surface area contributed by atoms with Gasteiger partial charge in [0, 0.05) is 18.4 Å². The Morgan fingerprint density at radius 3 is 3.00 bits per heavy atom. The van der Waals surface area contributed by atoms with E-state index in [1.807, 2.05) is 12.4 Å². The molecule has 1 fully saturated rings. The summed E-state index contributed by atoms with van der Waals surface area (Å²) in [4.78, 5) is 4.30. The van der Waals surface area contributed by atoms with Gasteiger partial charge in [-0.2, -0.15) is 0 Å². The van der Waals surface area contributed by atoms with Gasteiger partial charge >= 0.3 is 0 Å². The van der Waals surface area contributed by atoms with Crippen molar-refractivity contribution >= 4 is 0 Å². The SMILES string of the molecule is CCCNC1CCC(c2cncc(C)c2)C1. The second kappa shape index (κ2) is 5.44. The fraction of sp³-hybridized carbons (Fsp3) is 0.643. The molecule has 1 saturated carbocycles. The van der Waals surface area contributed by atoms with E-state index < -0.39 is 0 Å². The van der Waals surface area contributed by atoms with Gasteiger partial charge in [-0.1, -0.05) is 13.0 Å². The number of nitrogens with one attached hydrogen (secondary N) is 1. The number of pyridine rings is 1. The Bertz CT molecular complexity index is 335. The summed E-state index contributed by atoms with van der Waals surface area (Å²) in [6.45, 7) is 5.51. The number of nitrogens with zero attached hydrogens (tertiary/aromatic N) is 1. The molecular weight excluding hydrogens is 196 g/mol. The highest BCUT2D eigenvalue weighted by Crippen LogP contribution is 2.34. The summed E-state index contributed by atoms with van der Waals surface area (Å²) in [6, 6.07) is 3.02. The largest absolute Gasteiger partial charge is 0.314 e. The number of aromatic nitrogens is 1. The number of aryl methyl sites for hydroxylation is 1. The minimum atomic E-state index is 0.724. The van der Waals surface area contributed by atoms with E-state index in [1.54, 1.807) is 0 Å². The molecule has 1 aliphatic carbocycles. The number of hydrogen-bond donors (Lipinski definition) is 1. The minimum Gasteiger partial charge on any atom is -0.314 e. The molecule has 0 radical (unpaired) electrons. The molecule has 0 aliphatic heterocycles. The summed E-state index contributed by atoms with van der Waals surface area (Å²) in [7, 11) is 0. The molecule has 1 aliphatic rings. The van der Waals surface area contributed by atoms with E-state index in [9.17, 15) is 0 Å².